The minimum absolute atomic E-state index is 0.0597. The quantitative estimate of drug-likeness (QED) is 0.851. The van der Waals surface area contributed by atoms with Crippen molar-refractivity contribution >= 4 is 11.6 Å². The average molecular weight is 272 g/mol. The summed E-state index contributed by atoms with van der Waals surface area (Å²) in [5, 5.41) is 2.98. The Kier molecular flexibility index (Phi) is 3.80. The number of carbonyl (C=O) groups excluding carboxylic acids is 1. The van der Waals surface area contributed by atoms with Crippen molar-refractivity contribution in [3.63, 3.8) is 0 Å². The van der Waals surface area contributed by atoms with E-state index in [1.807, 2.05) is 0 Å². The fourth-order valence-electron chi connectivity index (χ4n) is 2.17. The fraction of sp³-hybridized carbons (Fsp3) is 0.462. The van der Waals surface area contributed by atoms with Gasteiger partial charge in [0, 0.05) is 6.54 Å². The topological polar surface area (TPSA) is 32.3 Å². The van der Waals surface area contributed by atoms with E-state index in [9.17, 15) is 18.0 Å². The van der Waals surface area contributed by atoms with Crippen LogP contribution < -0.4 is 10.2 Å². The number of amides is 1. The Hall–Kier alpha value is -1.56. The molecule has 1 atom stereocenters. The van der Waals surface area contributed by atoms with E-state index in [2.05, 4.69) is 5.32 Å². The molecule has 0 aromatic heterocycles. The highest BCUT2D eigenvalue weighted by Crippen LogP contribution is 2.36. The van der Waals surface area contributed by atoms with Crippen LogP contribution in [-0.4, -0.2) is 25.0 Å². The van der Waals surface area contributed by atoms with Crippen LogP contribution in [0.5, 0.6) is 0 Å². The van der Waals surface area contributed by atoms with Crippen LogP contribution in [0.4, 0.5) is 18.9 Å². The zero-order valence-corrected chi connectivity index (χ0v) is 10.5. The molecule has 1 heterocycles. The molecule has 1 aromatic carbocycles. The number of alkyl halides is 3. The van der Waals surface area contributed by atoms with E-state index in [0.717, 1.165) is 6.07 Å². The molecule has 0 bridgehead atoms. The van der Waals surface area contributed by atoms with E-state index in [1.54, 1.807) is 6.92 Å². The Labute approximate surface area is 109 Å². The Morgan fingerprint density at radius 1 is 1.32 bits per heavy atom. The van der Waals surface area contributed by atoms with E-state index >= 15 is 0 Å². The van der Waals surface area contributed by atoms with Crippen molar-refractivity contribution in [3.8, 4) is 0 Å². The van der Waals surface area contributed by atoms with Crippen molar-refractivity contribution < 1.29 is 18.0 Å². The molecular weight excluding hydrogens is 257 g/mol. The molecule has 2 rings (SSSR count). The second-order valence-corrected chi connectivity index (χ2v) is 4.53. The monoisotopic (exact) mass is 272 g/mol. The highest BCUT2D eigenvalue weighted by molar-refractivity contribution is 5.97. The molecule has 1 aliphatic rings. The number of nitrogens with zero attached hydrogens (tertiary/aromatic N) is 1. The van der Waals surface area contributed by atoms with E-state index in [-0.39, 0.29) is 11.6 Å². The van der Waals surface area contributed by atoms with Gasteiger partial charge in [0.25, 0.3) is 0 Å². The first-order valence-corrected chi connectivity index (χ1v) is 6.12. The number of nitrogens with one attached hydrogen (secondary N) is 1. The second kappa shape index (κ2) is 5.21. The summed E-state index contributed by atoms with van der Waals surface area (Å²) in [4.78, 5) is 13.4. The predicted molar refractivity (Wildman–Crippen MR) is 65.9 cm³/mol. The third kappa shape index (κ3) is 2.89. The van der Waals surface area contributed by atoms with E-state index in [4.69, 9.17) is 0 Å². The number of rotatable bonds is 1. The standard InChI is InChI=1S/C13H15F3N2O/c1-9-12(19)18(8-4-7-17-9)11-6-3-2-5-10(11)13(14,15)16/h2-3,5-6,9,17H,4,7-8H2,1H3. The lowest BCUT2D eigenvalue weighted by atomic mass is 10.1. The number of hydrogen-bond acceptors (Lipinski definition) is 2. The minimum atomic E-state index is -4.46. The van der Waals surface area contributed by atoms with Crippen LogP contribution in [0.1, 0.15) is 18.9 Å². The van der Waals surface area contributed by atoms with Crippen molar-refractivity contribution in [2.75, 3.05) is 18.0 Å². The van der Waals surface area contributed by atoms with Gasteiger partial charge in [0.15, 0.2) is 0 Å². The molecule has 1 aliphatic heterocycles. The summed E-state index contributed by atoms with van der Waals surface area (Å²) < 4.78 is 38.9. The largest absolute Gasteiger partial charge is 0.418 e. The lowest BCUT2D eigenvalue weighted by Gasteiger charge is -2.25. The SMILES string of the molecule is CC1NCCCN(c2ccccc2C(F)(F)F)C1=O. The normalized spacial score (nSPS) is 21.4. The van der Waals surface area contributed by atoms with Crippen LogP contribution >= 0.6 is 0 Å². The van der Waals surface area contributed by atoms with E-state index in [1.165, 1.54) is 23.1 Å². The third-order valence-electron chi connectivity index (χ3n) is 3.15. The van der Waals surface area contributed by atoms with Crippen molar-refractivity contribution in [2.24, 2.45) is 0 Å². The Balaban J connectivity index is 2.43. The minimum Gasteiger partial charge on any atom is -0.310 e. The molecule has 1 saturated heterocycles. The van der Waals surface area contributed by atoms with Gasteiger partial charge in [0.2, 0.25) is 5.91 Å². The van der Waals surface area contributed by atoms with Gasteiger partial charge in [-0.25, -0.2) is 0 Å². The molecule has 1 unspecified atom stereocenters. The molecule has 0 aliphatic carbocycles. The number of halogens is 3. The number of hydrogen-bond donors (Lipinski definition) is 1. The maximum Gasteiger partial charge on any atom is 0.418 e. The summed E-state index contributed by atoms with van der Waals surface area (Å²) >= 11 is 0. The van der Waals surface area contributed by atoms with Gasteiger partial charge in [-0.15, -0.1) is 0 Å². The smallest absolute Gasteiger partial charge is 0.310 e. The van der Waals surface area contributed by atoms with Gasteiger partial charge in [0.05, 0.1) is 17.3 Å². The van der Waals surface area contributed by atoms with Gasteiger partial charge < -0.3 is 10.2 Å². The molecule has 1 fully saturated rings. The molecule has 1 N–H and O–H groups in total. The van der Waals surface area contributed by atoms with Gasteiger partial charge in [-0.2, -0.15) is 13.2 Å². The third-order valence-corrected chi connectivity index (χ3v) is 3.15. The molecule has 3 nitrogen and oxygen atoms in total. The molecule has 0 spiro atoms. The van der Waals surface area contributed by atoms with Crippen molar-refractivity contribution in [3.05, 3.63) is 29.8 Å². The second-order valence-electron chi connectivity index (χ2n) is 4.53. The summed E-state index contributed by atoms with van der Waals surface area (Å²) in [7, 11) is 0. The molecule has 0 saturated carbocycles. The Morgan fingerprint density at radius 2 is 2.00 bits per heavy atom. The summed E-state index contributed by atoms with van der Waals surface area (Å²) in [5.41, 5.74) is -0.826. The molecule has 104 valence electrons. The van der Waals surface area contributed by atoms with Gasteiger partial charge in [-0.1, -0.05) is 12.1 Å². The number of anilines is 1. The number of para-hydroxylation sites is 1. The number of benzene rings is 1. The fourth-order valence-corrected chi connectivity index (χ4v) is 2.17. The predicted octanol–water partition coefficient (Wildman–Crippen LogP) is 2.42. The van der Waals surface area contributed by atoms with Crippen LogP contribution in [0.3, 0.4) is 0 Å². The van der Waals surface area contributed by atoms with Crippen LogP contribution in [0, 0.1) is 0 Å². The summed E-state index contributed by atoms with van der Waals surface area (Å²) in [5.74, 6) is -0.325. The van der Waals surface area contributed by atoms with Crippen LogP contribution in [0.25, 0.3) is 0 Å². The molecule has 0 radical (unpaired) electrons. The Morgan fingerprint density at radius 3 is 2.68 bits per heavy atom. The Bertz CT molecular complexity index is 473. The molecule has 19 heavy (non-hydrogen) atoms. The van der Waals surface area contributed by atoms with Crippen molar-refractivity contribution in [1.82, 2.24) is 5.32 Å². The lowest BCUT2D eigenvalue weighted by molar-refractivity contribution is -0.137. The molecule has 1 aromatic rings. The lowest BCUT2D eigenvalue weighted by Crippen LogP contribution is -2.42. The van der Waals surface area contributed by atoms with Gasteiger partial charge in [-0.3, -0.25) is 4.79 Å². The molecule has 6 heteroatoms. The highest BCUT2D eigenvalue weighted by atomic mass is 19.4. The maximum absolute atomic E-state index is 13.0. The highest BCUT2D eigenvalue weighted by Gasteiger charge is 2.36. The zero-order chi connectivity index (χ0) is 14.0. The molecular formula is C13H15F3N2O. The van der Waals surface area contributed by atoms with Crippen LogP contribution in [-0.2, 0) is 11.0 Å². The maximum atomic E-state index is 13.0. The van der Waals surface area contributed by atoms with Gasteiger partial charge >= 0.3 is 6.18 Å². The first-order valence-electron chi connectivity index (χ1n) is 6.12. The van der Waals surface area contributed by atoms with Crippen LogP contribution in [0.15, 0.2) is 24.3 Å². The van der Waals surface area contributed by atoms with E-state index < -0.39 is 17.8 Å². The van der Waals surface area contributed by atoms with Crippen molar-refractivity contribution in [1.29, 1.82) is 0 Å². The first-order chi connectivity index (χ1) is 8.91. The van der Waals surface area contributed by atoms with Gasteiger partial charge in [-0.05, 0) is 32.0 Å². The number of carbonyl (C=O) groups is 1. The van der Waals surface area contributed by atoms with E-state index in [0.29, 0.717) is 19.5 Å². The van der Waals surface area contributed by atoms with Crippen LogP contribution in [0.2, 0.25) is 0 Å². The average Bonchev–Trinajstić information content (AvgIpc) is 2.52. The van der Waals surface area contributed by atoms with Crippen molar-refractivity contribution in [2.45, 2.75) is 25.6 Å². The first kappa shape index (κ1) is 13.9. The summed E-state index contributed by atoms with van der Waals surface area (Å²) in [6.45, 7) is 2.58. The van der Waals surface area contributed by atoms with Gasteiger partial charge in [0.1, 0.15) is 0 Å². The summed E-state index contributed by atoms with van der Waals surface area (Å²) in [6, 6.07) is 4.73. The summed E-state index contributed by atoms with van der Waals surface area (Å²) in [6.07, 6.45) is -3.83. The molecule has 1 amide bonds. The zero-order valence-electron chi connectivity index (χ0n) is 10.5.